The zero-order valence-electron chi connectivity index (χ0n) is 34.0. The lowest BCUT2D eigenvalue weighted by molar-refractivity contribution is -0.109. The van der Waals surface area contributed by atoms with Gasteiger partial charge in [0.05, 0.1) is 34.2 Å². The molecule has 0 aliphatic heterocycles. The van der Waals surface area contributed by atoms with Crippen LogP contribution < -0.4 is 20.3 Å². The summed E-state index contributed by atoms with van der Waals surface area (Å²) in [4.78, 5) is 25.3. The Bertz CT molecular complexity index is 2110. The Morgan fingerprint density at radius 3 is 2.20 bits per heavy atom. The maximum absolute atomic E-state index is 12.1. The number of hydrogen-bond donors (Lipinski definition) is 3. The van der Waals surface area contributed by atoms with Crippen molar-refractivity contribution in [3.63, 3.8) is 0 Å². The average molecular weight is 792 g/mol. The molecule has 2 heterocycles. The number of ether oxygens (including phenoxy) is 1. The summed E-state index contributed by atoms with van der Waals surface area (Å²) < 4.78 is 10.1. The van der Waals surface area contributed by atoms with Crippen LogP contribution in [0.3, 0.4) is 0 Å². The van der Waals surface area contributed by atoms with Crippen LogP contribution in [-0.4, -0.2) is 73.1 Å². The molecule has 0 radical (unpaired) electrons. The number of allylic oxidation sites excluding steroid dienone is 1. The lowest BCUT2D eigenvalue weighted by Gasteiger charge is -2.22. The van der Waals surface area contributed by atoms with E-state index in [0.29, 0.717) is 49.7 Å². The topological polar surface area (TPSA) is 114 Å². The fourth-order valence-electron chi connectivity index (χ4n) is 6.67. The number of hydrogen-bond acceptors (Lipinski definition) is 7. The number of aryl methyl sites for hydroxylation is 5. The molecule has 2 aromatic heterocycles. The van der Waals surface area contributed by atoms with Gasteiger partial charge >= 0.3 is 0 Å². The van der Waals surface area contributed by atoms with Crippen molar-refractivity contribution >= 4 is 69.8 Å². The monoisotopic (exact) mass is 790 g/mol. The molecule has 0 fully saturated rings. The molecule has 5 aromatic rings. The van der Waals surface area contributed by atoms with E-state index in [1.807, 2.05) is 103 Å². The summed E-state index contributed by atoms with van der Waals surface area (Å²) in [6.45, 7) is 13.4. The number of fused-ring (bicyclic) bond motifs is 1. The summed E-state index contributed by atoms with van der Waals surface area (Å²) in [7, 11) is 8.87. The Hall–Kier alpha value is -4.77. The van der Waals surface area contributed by atoms with Crippen LogP contribution in [0.15, 0.2) is 42.5 Å². The van der Waals surface area contributed by atoms with Crippen molar-refractivity contribution in [2.24, 2.45) is 14.1 Å². The minimum absolute atomic E-state index is 0.427. The Labute approximate surface area is 336 Å². The van der Waals surface area contributed by atoms with Gasteiger partial charge in [0.15, 0.2) is 6.29 Å². The average Bonchev–Trinajstić information content (AvgIpc) is 3.64. The first-order valence-electron chi connectivity index (χ1n) is 18.4. The summed E-state index contributed by atoms with van der Waals surface area (Å²) in [5.74, 6) is 0.784. The maximum atomic E-state index is 12.1. The van der Waals surface area contributed by atoms with Crippen molar-refractivity contribution in [2.45, 2.75) is 54.4 Å². The number of benzene rings is 3. The predicted molar refractivity (Wildman–Crippen MR) is 231 cm³/mol. The van der Waals surface area contributed by atoms with Gasteiger partial charge in [-0.3, -0.25) is 14.3 Å². The Morgan fingerprint density at radius 2 is 1.62 bits per heavy atom. The van der Waals surface area contributed by atoms with E-state index >= 15 is 0 Å². The minimum Gasteiger partial charge on any atom is -0.494 e. The van der Waals surface area contributed by atoms with Gasteiger partial charge in [0, 0.05) is 92.4 Å². The molecule has 0 atom stereocenters. The number of aromatic nitrogens is 3. The molecule has 0 spiro atoms. The third-order valence-corrected chi connectivity index (χ3v) is 10.2. The Morgan fingerprint density at radius 1 is 0.945 bits per heavy atom. The first kappa shape index (κ1) is 44.6. The van der Waals surface area contributed by atoms with Crippen LogP contribution in [-0.2, 0) is 18.9 Å². The summed E-state index contributed by atoms with van der Waals surface area (Å²) in [5.41, 5.74) is 12.0. The van der Waals surface area contributed by atoms with Crippen molar-refractivity contribution in [1.82, 2.24) is 19.7 Å². The number of rotatable bonds is 15. The fraction of sp³-hybridized carbons (Fsp3) is 0.372. The lowest BCUT2D eigenvalue weighted by Crippen LogP contribution is -2.21. The van der Waals surface area contributed by atoms with Crippen LogP contribution in [0.1, 0.15) is 70.8 Å². The minimum atomic E-state index is 0.427. The summed E-state index contributed by atoms with van der Waals surface area (Å²) in [6.07, 6.45) is 5.18. The van der Waals surface area contributed by atoms with Gasteiger partial charge in [0.25, 0.3) is 0 Å². The first-order valence-corrected chi connectivity index (χ1v) is 19.2. The quantitative estimate of drug-likeness (QED) is 0.0551. The number of aliphatic hydroxyl groups is 1. The van der Waals surface area contributed by atoms with E-state index in [0.717, 1.165) is 96.8 Å². The van der Waals surface area contributed by atoms with Gasteiger partial charge in [-0.2, -0.15) is 5.10 Å². The number of aldehydes is 1. The van der Waals surface area contributed by atoms with Crippen molar-refractivity contribution in [3.8, 4) is 16.9 Å². The molecule has 0 aliphatic rings. The Balaban J connectivity index is 0.00000196. The van der Waals surface area contributed by atoms with Crippen molar-refractivity contribution < 1.29 is 19.4 Å². The van der Waals surface area contributed by atoms with Crippen LogP contribution in [0.5, 0.6) is 5.75 Å². The lowest BCUT2D eigenvalue weighted by atomic mass is 9.91. The number of carbonyl (C=O) groups excluding carboxylic acids is 2. The molecule has 0 saturated heterocycles. The van der Waals surface area contributed by atoms with Gasteiger partial charge in [0.1, 0.15) is 5.75 Å². The molecule has 3 N–H and O–H groups in total. The largest absolute Gasteiger partial charge is 0.494 e. The van der Waals surface area contributed by atoms with E-state index in [1.54, 1.807) is 0 Å². The molecular weight excluding hydrogens is 735 g/mol. The second-order valence-corrected chi connectivity index (χ2v) is 13.9. The molecule has 0 unspecified atom stereocenters. The number of nitrogens with zero attached hydrogens (tertiary/aromatic N) is 4. The molecule has 0 saturated carbocycles. The molecule has 0 bridgehead atoms. The van der Waals surface area contributed by atoms with E-state index in [9.17, 15) is 9.59 Å². The highest BCUT2D eigenvalue weighted by atomic mass is 35.5. The summed E-state index contributed by atoms with van der Waals surface area (Å²) >= 11 is 13.5. The van der Waals surface area contributed by atoms with Gasteiger partial charge < -0.3 is 29.9 Å². The van der Waals surface area contributed by atoms with Crippen LogP contribution in [0.4, 0.5) is 11.4 Å². The maximum Gasteiger partial charge on any atom is 0.207 e. The molecule has 3 aromatic carbocycles. The van der Waals surface area contributed by atoms with Crippen LogP contribution >= 0.6 is 23.2 Å². The summed E-state index contributed by atoms with van der Waals surface area (Å²) in [6, 6.07) is 14.1. The smallest absolute Gasteiger partial charge is 0.207 e. The van der Waals surface area contributed by atoms with Crippen LogP contribution in [0.25, 0.3) is 33.7 Å². The number of nitrogens with one attached hydrogen (secondary N) is 2. The molecule has 296 valence electrons. The molecular formula is C43H56Cl2N6O4. The van der Waals surface area contributed by atoms with E-state index < -0.39 is 0 Å². The predicted octanol–water partition coefficient (Wildman–Crippen LogP) is 9.19. The fourth-order valence-corrected chi connectivity index (χ4v) is 7.03. The van der Waals surface area contributed by atoms with Gasteiger partial charge in [-0.05, 0) is 99.7 Å². The van der Waals surface area contributed by atoms with E-state index in [-0.39, 0.29) is 0 Å². The van der Waals surface area contributed by atoms with Crippen molar-refractivity contribution in [2.75, 3.05) is 51.1 Å². The molecule has 12 heteroatoms. The molecule has 0 aliphatic carbocycles. The van der Waals surface area contributed by atoms with Gasteiger partial charge in [-0.1, -0.05) is 43.1 Å². The van der Waals surface area contributed by atoms with Crippen LogP contribution in [0.2, 0.25) is 10.0 Å². The third-order valence-electron chi connectivity index (χ3n) is 9.33. The third kappa shape index (κ3) is 10.3. The van der Waals surface area contributed by atoms with Crippen LogP contribution in [0, 0.1) is 27.7 Å². The number of carbonyl (C=O) groups is 2. The van der Waals surface area contributed by atoms with E-state index in [1.165, 1.54) is 0 Å². The normalized spacial score (nSPS) is 11.0. The zero-order chi connectivity index (χ0) is 41.0. The molecule has 55 heavy (non-hydrogen) atoms. The van der Waals surface area contributed by atoms with E-state index in [2.05, 4.69) is 39.8 Å². The first-order chi connectivity index (χ1) is 26.4. The Kier molecular flexibility index (Phi) is 16.9. The van der Waals surface area contributed by atoms with Gasteiger partial charge in [-0.25, -0.2) is 0 Å². The second kappa shape index (κ2) is 20.8. The van der Waals surface area contributed by atoms with Gasteiger partial charge in [0.2, 0.25) is 6.41 Å². The number of anilines is 2. The number of halogens is 2. The molecule has 1 amide bonds. The highest BCUT2D eigenvalue weighted by Crippen LogP contribution is 2.44. The zero-order valence-corrected chi connectivity index (χ0v) is 35.5. The van der Waals surface area contributed by atoms with E-state index in [4.69, 9.17) is 38.1 Å². The number of amides is 1. The second-order valence-electron chi connectivity index (χ2n) is 13.1. The molecule has 10 nitrogen and oxygen atoms in total. The SMILES string of the molecule is CC.CO.Cc1cc(OCCC/C(=C\c2cc(N(C)C)cc3cc(C=O)n(C)c23)c2ccc(Cl)c(-c3c(C)nn(C)c3C)c2NCCNC=O)cc(C)c1Cl. The van der Waals surface area contributed by atoms with Gasteiger partial charge in [-0.15, -0.1) is 0 Å². The van der Waals surface area contributed by atoms with Crippen molar-refractivity contribution in [3.05, 3.63) is 91.8 Å². The standard InChI is InChI=1S/C40H46Cl2N6O3.C2H6.CH4O/c1-24-16-33(17-25(2)38(24)42)51-15-9-10-28(18-29-19-31(46(5)6)20-30-21-32(22-49)47(7)40(29)30)34-11-12-35(41)37(39(34)44-14-13-43-23-50)36-26(3)45-48(8)27(36)4;2*1-2/h11-12,16-23,44H,9-10,13-15H2,1-8H3,(H,43,50);1-2H3;2H,1H3/b28-18+;;. The highest BCUT2D eigenvalue weighted by Gasteiger charge is 2.23. The van der Waals surface area contributed by atoms with Crippen molar-refractivity contribution in [1.29, 1.82) is 0 Å². The molecule has 5 rings (SSSR count). The summed E-state index contributed by atoms with van der Waals surface area (Å²) in [5, 5.41) is 20.4. The number of aliphatic hydroxyl groups excluding tert-OH is 1. The highest BCUT2D eigenvalue weighted by molar-refractivity contribution is 6.34.